The number of rotatable bonds is 4. The fraction of sp³-hybridized carbons (Fsp3) is 1.00. The zero-order valence-corrected chi connectivity index (χ0v) is 7.07. The van der Waals surface area contributed by atoms with Crippen LogP contribution in [0.2, 0.25) is 0 Å². The van der Waals surface area contributed by atoms with E-state index in [1.807, 2.05) is 0 Å². The van der Waals surface area contributed by atoms with E-state index >= 15 is 0 Å². The third-order valence-corrected chi connectivity index (χ3v) is 0.960. The van der Waals surface area contributed by atoms with Gasteiger partial charge in [-0.3, -0.25) is 0 Å². The van der Waals surface area contributed by atoms with E-state index in [9.17, 15) is 0 Å². The number of alkyl halides is 1. The number of halogens is 1. The fourth-order valence-corrected chi connectivity index (χ4v) is 0.577. The summed E-state index contributed by atoms with van der Waals surface area (Å²) in [7, 11) is 0. The molecule has 2 heteroatoms. The van der Waals surface area contributed by atoms with Gasteiger partial charge in [0.05, 0.1) is 6.61 Å². The number of hydrogen-bond acceptors (Lipinski definition) is 1. The number of hydrogen-bond donors (Lipinski definition) is 0. The van der Waals surface area contributed by atoms with Gasteiger partial charge < -0.3 is 4.74 Å². The first-order valence-corrected chi connectivity index (χ1v) is 3.90. The molecule has 1 unspecified atom stereocenters. The van der Waals surface area contributed by atoms with Crippen molar-refractivity contribution in [1.82, 2.24) is 0 Å². The van der Waals surface area contributed by atoms with Gasteiger partial charge in [0.25, 0.3) is 0 Å². The molecule has 50 valence electrons. The Morgan fingerprint density at radius 1 is 1.62 bits per heavy atom. The van der Waals surface area contributed by atoms with Crippen LogP contribution in [0.4, 0.5) is 0 Å². The van der Waals surface area contributed by atoms with Gasteiger partial charge in [-0.05, 0) is 6.42 Å². The highest BCUT2D eigenvalue weighted by Crippen LogP contribution is 1.96. The second-order valence-electron chi connectivity index (χ2n) is 1.86. The van der Waals surface area contributed by atoms with Gasteiger partial charge in [-0.15, -0.1) is 0 Å². The molecule has 0 rings (SSSR count). The molecule has 0 heterocycles. The van der Waals surface area contributed by atoms with Crippen LogP contribution in [0.5, 0.6) is 0 Å². The van der Waals surface area contributed by atoms with E-state index < -0.39 is 0 Å². The van der Waals surface area contributed by atoms with Gasteiger partial charge in [-0.25, -0.2) is 0 Å². The largest absolute Gasteiger partial charge is 0.380 e. The van der Waals surface area contributed by atoms with Gasteiger partial charge in [0.15, 0.2) is 0 Å². The summed E-state index contributed by atoms with van der Waals surface area (Å²) in [6.07, 6.45) is 1.11. The monoisotopic (exact) mass is 180 g/mol. The Morgan fingerprint density at radius 3 is 2.62 bits per heavy atom. The average Bonchev–Trinajstić information content (AvgIpc) is 1.66. The van der Waals surface area contributed by atoms with Crippen molar-refractivity contribution in [3.63, 3.8) is 0 Å². The first-order chi connectivity index (χ1) is 3.77. The zero-order chi connectivity index (χ0) is 6.41. The van der Waals surface area contributed by atoms with Crippen LogP contribution < -0.4 is 0 Å². The standard InChI is InChI=1S/C6H13BrO/c1-3-4-8-5-6(2)7/h6H,3-5H2,1-2H3. The van der Waals surface area contributed by atoms with Crippen molar-refractivity contribution in [2.24, 2.45) is 0 Å². The smallest absolute Gasteiger partial charge is 0.0588 e. The predicted octanol–water partition coefficient (Wildman–Crippen LogP) is 2.20. The maximum absolute atomic E-state index is 5.20. The minimum atomic E-state index is 0.494. The summed E-state index contributed by atoms with van der Waals surface area (Å²) in [5.41, 5.74) is 0. The lowest BCUT2D eigenvalue weighted by molar-refractivity contribution is 0.139. The van der Waals surface area contributed by atoms with Crippen molar-refractivity contribution in [2.45, 2.75) is 25.1 Å². The fourth-order valence-electron chi connectivity index (χ4n) is 0.390. The summed E-state index contributed by atoms with van der Waals surface area (Å²) in [6, 6.07) is 0. The number of ether oxygens (including phenoxy) is 1. The summed E-state index contributed by atoms with van der Waals surface area (Å²) >= 11 is 3.38. The average molecular weight is 181 g/mol. The van der Waals surface area contributed by atoms with Crippen molar-refractivity contribution < 1.29 is 4.74 Å². The van der Waals surface area contributed by atoms with Crippen LogP contribution in [0.15, 0.2) is 0 Å². The van der Waals surface area contributed by atoms with E-state index in [4.69, 9.17) is 4.74 Å². The molecule has 0 aromatic rings. The molecule has 0 spiro atoms. The lowest BCUT2D eigenvalue weighted by Gasteiger charge is -2.01. The SMILES string of the molecule is CCCOCC(C)Br. The van der Waals surface area contributed by atoms with Crippen LogP contribution in [0.3, 0.4) is 0 Å². The Balaban J connectivity index is 2.72. The molecule has 8 heavy (non-hydrogen) atoms. The summed E-state index contributed by atoms with van der Waals surface area (Å²) in [5.74, 6) is 0. The second-order valence-corrected chi connectivity index (χ2v) is 3.42. The molecule has 0 aromatic carbocycles. The quantitative estimate of drug-likeness (QED) is 0.477. The lowest BCUT2D eigenvalue weighted by atomic mass is 10.5. The van der Waals surface area contributed by atoms with Crippen molar-refractivity contribution in [3.8, 4) is 0 Å². The van der Waals surface area contributed by atoms with Gasteiger partial charge in [-0.2, -0.15) is 0 Å². The third kappa shape index (κ3) is 6.44. The molecule has 0 saturated carbocycles. The first kappa shape index (κ1) is 8.44. The Hall–Kier alpha value is 0.440. The minimum Gasteiger partial charge on any atom is -0.380 e. The van der Waals surface area contributed by atoms with Crippen LogP contribution in [0.25, 0.3) is 0 Å². The van der Waals surface area contributed by atoms with E-state index in [2.05, 4.69) is 29.8 Å². The van der Waals surface area contributed by atoms with Crippen molar-refractivity contribution in [3.05, 3.63) is 0 Å². The van der Waals surface area contributed by atoms with Gasteiger partial charge in [-0.1, -0.05) is 29.8 Å². The van der Waals surface area contributed by atoms with Gasteiger partial charge in [0.1, 0.15) is 0 Å². The van der Waals surface area contributed by atoms with Crippen molar-refractivity contribution >= 4 is 15.9 Å². The van der Waals surface area contributed by atoms with E-state index in [0.29, 0.717) is 4.83 Å². The molecule has 0 aromatic heterocycles. The molecule has 0 aliphatic heterocycles. The Kier molecular flexibility index (Phi) is 5.88. The third-order valence-electron chi connectivity index (χ3n) is 0.696. The predicted molar refractivity (Wildman–Crippen MR) is 39.5 cm³/mol. The highest BCUT2D eigenvalue weighted by Gasteiger charge is 1.91. The van der Waals surface area contributed by atoms with E-state index in [0.717, 1.165) is 19.6 Å². The molecule has 0 fully saturated rings. The molecular weight excluding hydrogens is 168 g/mol. The topological polar surface area (TPSA) is 9.23 Å². The highest BCUT2D eigenvalue weighted by molar-refractivity contribution is 9.09. The maximum atomic E-state index is 5.20. The van der Waals surface area contributed by atoms with Crippen LogP contribution in [-0.2, 0) is 4.74 Å². The Morgan fingerprint density at radius 2 is 2.25 bits per heavy atom. The van der Waals surface area contributed by atoms with Gasteiger partial charge >= 0.3 is 0 Å². The first-order valence-electron chi connectivity index (χ1n) is 2.99. The maximum Gasteiger partial charge on any atom is 0.0588 e. The summed E-state index contributed by atoms with van der Waals surface area (Å²) in [5, 5.41) is 0. The molecule has 0 aliphatic rings. The van der Waals surface area contributed by atoms with E-state index in [1.165, 1.54) is 0 Å². The van der Waals surface area contributed by atoms with Crippen molar-refractivity contribution in [1.29, 1.82) is 0 Å². The Bertz CT molecular complexity index is 45.8. The second kappa shape index (κ2) is 5.57. The Labute approximate surface area is 59.5 Å². The van der Waals surface area contributed by atoms with Crippen molar-refractivity contribution in [2.75, 3.05) is 13.2 Å². The molecule has 1 nitrogen and oxygen atoms in total. The summed E-state index contributed by atoms with van der Waals surface area (Å²) in [4.78, 5) is 0.494. The van der Waals surface area contributed by atoms with Crippen LogP contribution >= 0.6 is 15.9 Å². The molecule has 0 aliphatic carbocycles. The lowest BCUT2D eigenvalue weighted by Crippen LogP contribution is -2.03. The van der Waals surface area contributed by atoms with E-state index in [-0.39, 0.29) is 0 Å². The van der Waals surface area contributed by atoms with Gasteiger partial charge in [0, 0.05) is 11.4 Å². The molecule has 0 bridgehead atoms. The molecule has 0 amide bonds. The van der Waals surface area contributed by atoms with Crippen LogP contribution in [0, 0.1) is 0 Å². The van der Waals surface area contributed by atoms with Gasteiger partial charge in [0.2, 0.25) is 0 Å². The molecule has 0 saturated heterocycles. The summed E-state index contributed by atoms with van der Waals surface area (Å²) < 4.78 is 5.20. The zero-order valence-electron chi connectivity index (χ0n) is 5.48. The summed E-state index contributed by atoms with van der Waals surface area (Å²) in [6.45, 7) is 5.90. The molecule has 1 atom stereocenters. The molecule has 0 N–H and O–H groups in total. The van der Waals surface area contributed by atoms with E-state index in [1.54, 1.807) is 0 Å². The molecule has 0 radical (unpaired) electrons. The molecular formula is C6H13BrO. The normalized spacial score (nSPS) is 13.9. The minimum absolute atomic E-state index is 0.494. The van der Waals surface area contributed by atoms with Crippen LogP contribution in [0.1, 0.15) is 20.3 Å². The highest BCUT2D eigenvalue weighted by atomic mass is 79.9. The van der Waals surface area contributed by atoms with Crippen LogP contribution in [-0.4, -0.2) is 18.0 Å².